The minimum Gasteiger partial charge on any atom is -0.481 e. The average Bonchev–Trinajstić information content (AvgIpc) is 2.32. The van der Waals surface area contributed by atoms with Gasteiger partial charge >= 0.3 is 5.97 Å². The molecule has 0 bridgehead atoms. The van der Waals surface area contributed by atoms with Crippen molar-refractivity contribution in [1.29, 1.82) is 0 Å². The van der Waals surface area contributed by atoms with Gasteiger partial charge in [0.05, 0.1) is 5.41 Å². The fraction of sp³-hybridized carbons (Fsp3) is 0.909. The summed E-state index contributed by atoms with van der Waals surface area (Å²) >= 11 is 0. The molecule has 0 aromatic heterocycles. The number of hydrogen-bond acceptors (Lipinski definition) is 2. The zero-order chi connectivity index (χ0) is 10.6. The highest BCUT2D eigenvalue weighted by molar-refractivity contribution is 5.73. The normalized spacial score (nSPS) is 24.3. The summed E-state index contributed by atoms with van der Waals surface area (Å²) in [4.78, 5) is 11.0. The Morgan fingerprint density at radius 2 is 2.14 bits per heavy atom. The van der Waals surface area contributed by atoms with Gasteiger partial charge in [0, 0.05) is 6.04 Å². The second kappa shape index (κ2) is 4.78. The average molecular weight is 199 g/mol. The molecule has 0 saturated carbocycles. The van der Waals surface area contributed by atoms with Gasteiger partial charge < -0.3 is 10.4 Å². The number of hydrogen-bond donors (Lipinski definition) is 2. The maximum absolute atomic E-state index is 11.0. The van der Waals surface area contributed by atoms with E-state index in [1.165, 1.54) is 19.3 Å². The van der Waals surface area contributed by atoms with Gasteiger partial charge in [0.2, 0.25) is 0 Å². The maximum Gasteiger partial charge on any atom is 0.309 e. The van der Waals surface area contributed by atoms with E-state index in [9.17, 15) is 4.79 Å². The molecule has 1 unspecified atom stereocenters. The molecule has 1 saturated heterocycles. The van der Waals surface area contributed by atoms with Crippen LogP contribution in [0.4, 0.5) is 0 Å². The van der Waals surface area contributed by atoms with Crippen LogP contribution in [0.3, 0.4) is 0 Å². The maximum atomic E-state index is 11.0. The summed E-state index contributed by atoms with van der Waals surface area (Å²) < 4.78 is 0. The quantitative estimate of drug-likeness (QED) is 0.731. The molecule has 1 aliphatic heterocycles. The number of aliphatic carboxylic acids is 1. The zero-order valence-electron chi connectivity index (χ0n) is 9.18. The van der Waals surface area contributed by atoms with Crippen molar-refractivity contribution in [2.24, 2.45) is 5.41 Å². The lowest BCUT2D eigenvalue weighted by molar-refractivity contribution is -0.147. The van der Waals surface area contributed by atoms with Crippen molar-refractivity contribution in [3.05, 3.63) is 0 Å². The first-order valence-electron chi connectivity index (χ1n) is 5.49. The minimum absolute atomic E-state index is 0.392. The first-order chi connectivity index (χ1) is 6.52. The van der Waals surface area contributed by atoms with Crippen LogP contribution in [0.1, 0.15) is 46.0 Å². The van der Waals surface area contributed by atoms with Crippen molar-refractivity contribution in [2.75, 3.05) is 6.54 Å². The highest BCUT2D eigenvalue weighted by atomic mass is 16.4. The Morgan fingerprint density at radius 3 is 2.79 bits per heavy atom. The molecule has 3 nitrogen and oxygen atoms in total. The van der Waals surface area contributed by atoms with E-state index in [2.05, 4.69) is 5.32 Å². The summed E-state index contributed by atoms with van der Waals surface area (Å²) in [5.74, 6) is -0.691. The second-order valence-electron chi connectivity index (χ2n) is 4.89. The Hall–Kier alpha value is -0.570. The van der Waals surface area contributed by atoms with Crippen molar-refractivity contribution in [3.63, 3.8) is 0 Å². The molecular formula is C11H21NO2. The van der Waals surface area contributed by atoms with Crippen molar-refractivity contribution >= 4 is 5.97 Å². The van der Waals surface area contributed by atoms with E-state index in [1.54, 1.807) is 0 Å². The zero-order valence-corrected chi connectivity index (χ0v) is 9.18. The molecule has 1 fully saturated rings. The van der Waals surface area contributed by atoms with Gasteiger partial charge in [-0.25, -0.2) is 0 Å². The smallest absolute Gasteiger partial charge is 0.309 e. The van der Waals surface area contributed by atoms with Crippen LogP contribution >= 0.6 is 0 Å². The van der Waals surface area contributed by atoms with Crippen LogP contribution in [-0.2, 0) is 4.79 Å². The molecule has 0 spiro atoms. The standard InChI is InChI=1S/C11H21NO2/c1-11(2,10(13)14)8-9-6-4-3-5-7-12-9/h9,12H,3-8H2,1-2H3,(H,13,14). The lowest BCUT2D eigenvalue weighted by Gasteiger charge is -2.25. The lowest BCUT2D eigenvalue weighted by atomic mass is 9.84. The van der Waals surface area contributed by atoms with Crippen molar-refractivity contribution in [3.8, 4) is 0 Å². The largest absolute Gasteiger partial charge is 0.481 e. The Morgan fingerprint density at radius 1 is 1.43 bits per heavy atom. The van der Waals surface area contributed by atoms with E-state index in [0.29, 0.717) is 6.04 Å². The molecule has 0 amide bonds. The number of carboxylic acids is 1. The lowest BCUT2D eigenvalue weighted by Crippen LogP contribution is -2.36. The van der Waals surface area contributed by atoms with E-state index >= 15 is 0 Å². The number of rotatable bonds is 3. The minimum atomic E-state index is -0.691. The topological polar surface area (TPSA) is 49.3 Å². The van der Waals surface area contributed by atoms with E-state index in [4.69, 9.17) is 5.11 Å². The van der Waals surface area contributed by atoms with Gasteiger partial charge in [-0.15, -0.1) is 0 Å². The Labute approximate surface area is 85.9 Å². The molecule has 82 valence electrons. The summed E-state index contributed by atoms with van der Waals surface area (Å²) in [6.07, 6.45) is 5.59. The molecule has 3 heteroatoms. The highest BCUT2D eigenvalue weighted by Crippen LogP contribution is 2.25. The summed E-state index contributed by atoms with van der Waals surface area (Å²) in [6.45, 7) is 4.66. The van der Waals surface area contributed by atoms with Crippen LogP contribution < -0.4 is 5.32 Å². The molecule has 0 radical (unpaired) electrons. The number of carbonyl (C=O) groups is 1. The Balaban J connectivity index is 2.45. The SMILES string of the molecule is CC(C)(CC1CCCCCN1)C(=O)O. The Bertz CT molecular complexity index is 193. The van der Waals surface area contributed by atoms with E-state index in [1.807, 2.05) is 13.8 Å². The number of nitrogens with one attached hydrogen (secondary N) is 1. The molecule has 1 heterocycles. The van der Waals surface area contributed by atoms with Crippen molar-refractivity contribution in [2.45, 2.75) is 52.0 Å². The van der Waals surface area contributed by atoms with E-state index < -0.39 is 11.4 Å². The van der Waals surface area contributed by atoms with Gasteiger partial charge in [0.1, 0.15) is 0 Å². The highest BCUT2D eigenvalue weighted by Gasteiger charge is 2.30. The van der Waals surface area contributed by atoms with Crippen molar-refractivity contribution in [1.82, 2.24) is 5.32 Å². The summed E-state index contributed by atoms with van der Waals surface area (Å²) in [5, 5.41) is 12.4. The molecule has 14 heavy (non-hydrogen) atoms. The van der Waals surface area contributed by atoms with Crippen LogP contribution in [0.15, 0.2) is 0 Å². The fourth-order valence-corrected chi connectivity index (χ4v) is 1.98. The summed E-state index contributed by atoms with van der Waals surface area (Å²) in [6, 6.07) is 0.392. The first-order valence-corrected chi connectivity index (χ1v) is 5.49. The molecule has 0 aliphatic carbocycles. The van der Waals surface area contributed by atoms with Gasteiger partial charge in [-0.2, -0.15) is 0 Å². The molecule has 2 N–H and O–H groups in total. The van der Waals surface area contributed by atoms with E-state index in [0.717, 1.165) is 19.4 Å². The third-order valence-electron chi connectivity index (χ3n) is 3.00. The van der Waals surface area contributed by atoms with E-state index in [-0.39, 0.29) is 0 Å². The molecule has 1 rings (SSSR count). The molecule has 0 aromatic rings. The molecule has 1 atom stereocenters. The van der Waals surface area contributed by atoms with Crippen LogP contribution in [-0.4, -0.2) is 23.7 Å². The van der Waals surface area contributed by atoms with Gasteiger partial charge in [0.25, 0.3) is 0 Å². The van der Waals surface area contributed by atoms with Crippen LogP contribution in [0.5, 0.6) is 0 Å². The molecule has 0 aromatic carbocycles. The predicted molar refractivity (Wildman–Crippen MR) is 56.3 cm³/mol. The van der Waals surface area contributed by atoms with Gasteiger partial charge in [-0.1, -0.05) is 12.8 Å². The monoisotopic (exact) mass is 199 g/mol. The van der Waals surface area contributed by atoms with Crippen molar-refractivity contribution < 1.29 is 9.90 Å². The number of carboxylic acid groups (broad SMARTS) is 1. The first kappa shape index (κ1) is 11.5. The van der Waals surface area contributed by atoms with Gasteiger partial charge in [-0.05, 0) is 39.7 Å². The summed E-state index contributed by atoms with van der Waals surface area (Å²) in [5.41, 5.74) is -0.595. The third-order valence-corrected chi connectivity index (χ3v) is 3.00. The predicted octanol–water partition coefficient (Wildman–Crippen LogP) is 2.02. The second-order valence-corrected chi connectivity index (χ2v) is 4.89. The molecular weight excluding hydrogens is 178 g/mol. The summed E-state index contributed by atoms with van der Waals surface area (Å²) in [7, 11) is 0. The van der Waals surface area contributed by atoms with Gasteiger partial charge in [-0.3, -0.25) is 4.79 Å². The third kappa shape index (κ3) is 3.29. The van der Waals surface area contributed by atoms with Crippen LogP contribution in [0.2, 0.25) is 0 Å². The molecule has 1 aliphatic rings. The van der Waals surface area contributed by atoms with Crippen LogP contribution in [0, 0.1) is 5.41 Å². The Kier molecular flexibility index (Phi) is 3.93. The fourth-order valence-electron chi connectivity index (χ4n) is 1.98. The van der Waals surface area contributed by atoms with Crippen LogP contribution in [0.25, 0.3) is 0 Å². The van der Waals surface area contributed by atoms with Gasteiger partial charge in [0.15, 0.2) is 0 Å².